The smallest absolute Gasteiger partial charge is 0.236 e. The lowest BCUT2D eigenvalue weighted by atomic mass is 9.87. The molecule has 9 heteroatoms. The van der Waals surface area contributed by atoms with Gasteiger partial charge in [0.2, 0.25) is 11.0 Å². The number of amides is 1. The van der Waals surface area contributed by atoms with E-state index in [0.29, 0.717) is 5.13 Å². The second-order valence-electron chi connectivity index (χ2n) is 7.57. The molecule has 0 fully saturated rings. The van der Waals surface area contributed by atoms with Crippen LogP contribution in [0.25, 0.3) is 11.4 Å². The minimum absolute atomic E-state index is 0.107. The van der Waals surface area contributed by atoms with E-state index in [1.54, 1.807) is 0 Å². The molecular weight excluding hydrogens is 404 g/mol. The highest BCUT2D eigenvalue weighted by Gasteiger charge is 2.17. The first-order valence-electron chi connectivity index (χ1n) is 9.61. The maximum atomic E-state index is 12.2. The Morgan fingerprint density at radius 2 is 1.83 bits per heavy atom. The number of aryl methyl sites for hydroxylation is 1. The zero-order chi connectivity index (χ0) is 21.0. The molecule has 1 aromatic carbocycles. The summed E-state index contributed by atoms with van der Waals surface area (Å²) in [6.45, 7) is 11.4. The molecule has 0 aliphatic rings. The summed E-state index contributed by atoms with van der Waals surface area (Å²) in [5.41, 5.74) is 2.40. The number of anilines is 1. The fourth-order valence-electron chi connectivity index (χ4n) is 2.75. The Morgan fingerprint density at radius 1 is 1.10 bits per heavy atom. The highest BCUT2D eigenvalue weighted by atomic mass is 32.2. The van der Waals surface area contributed by atoms with Crippen LogP contribution in [0.4, 0.5) is 5.13 Å². The first-order valence-corrected chi connectivity index (χ1v) is 11.4. The predicted molar refractivity (Wildman–Crippen MR) is 118 cm³/mol. The Bertz CT molecular complexity index is 972. The number of nitrogens with one attached hydrogen (secondary N) is 1. The van der Waals surface area contributed by atoms with Crippen LogP contribution in [0.3, 0.4) is 0 Å². The molecular formula is C20H26N6OS2. The number of nitrogens with zero attached hydrogens (tertiary/aromatic N) is 5. The van der Waals surface area contributed by atoms with Crippen LogP contribution in [0.1, 0.15) is 45.2 Å². The van der Waals surface area contributed by atoms with Gasteiger partial charge in [-0.15, -0.1) is 20.4 Å². The molecule has 0 unspecified atom stereocenters. The van der Waals surface area contributed by atoms with Gasteiger partial charge in [-0.05, 0) is 24.3 Å². The molecule has 0 saturated heterocycles. The van der Waals surface area contributed by atoms with Gasteiger partial charge in [0.05, 0.1) is 5.75 Å². The van der Waals surface area contributed by atoms with Gasteiger partial charge in [0.1, 0.15) is 5.01 Å². The number of benzene rings is 1. The van der Waals surface area contributed by atoms with Gasteiger partial charge in [-0.1, -0.05) is 75.1 Å². The van der Waals surface area contributed by atoms with E-state index in [1.807, 2.05) is 18.4 Å². The average molecular weight is 431 g/mol. The number of hydrogen-bond acceptors (Lipinski definition) is 7. The molecule has 0 radical (unpaired) electrons. The van der Waals surface area contributed by atoms with Crippen molar-refractivity contribution >= 4 is 34.1 Å². The van der Waals surface area contributed by atoms with E-state index in [2.05, 4.69) is 70.7 Å². The molecule has 0 spiro atoms. The second-order valence-corrected chi connectivity index (χ2v) is 9.57. The lowest BCUT2D eigenvalue weighted by Crippen LogP contribution is -2.14. The molecule has 0 atom stereocenters. The minimum atomic E-state index is -0.129. The van der Waals surface area contributed by atoms with E-state index in [9.17, 15) is 4.79 Å². The van der Waals surface area contributed by atoms with E-state index < -0.39 is 0 Å². The zero-order valence-corrected chi connectivity index (χ0v) is 19.0. The van der Waals surface area contributed by atoms with Crippen LogP contribution < -0.4 is 5.32 Å². The van der Waals surface area contributed by atoms with Gasteiger partial charge in [-0.25, -0.2) is 0 Å². The molecule has 3 rings (SSSR count). The van der Waals surface area contributed by atoms with Crippen LogP contribution in [0.2, 0.25) is 0 Å². The number of carbonyl (C=O) groups excluding carboxylic acids is 1. The van der Waals surface area contributed by atoms with Gasteiger partial charge < -0.3 is 4.57 Å². The van der Waals surface area contributed by atoms with Crippen molar-refractivity contribution in [2.45, 2.75) is 58.2 Å². The molecule has 1 amide bonds. The average Bonchev–Trinajstić information content (AvgIpc) is 3.32. The molecule has 2 heterocycles. The molecule has 1 N–H and O–H groups in total. The SMILES string of the molecule is CCc1nnc(NC(=O)CSc2nnc(-c3ccc(C(C)(C)C)cc3)n2CC)s1. The largest absolute Gasteiger partial charge is 0.302 e. The third-order valence-corrected chi connectivity index (χ3v) is 6.34. The molecule has 3 aromatic rings. The summed E-state index contributed by atoms with van der Waals surface area (Å²) in [5.74, 6) is 0.922. The molecule has 0 aliphatic heterocycles. The van der Waals surface area contributed by atoms with E-state index >= 15 is 0 Å². The molecule has 154 valence electrons. The van der Waals surface area contributed by atoms with E-state index in [0.717, 1.165) is 34.5 Å². The number of carbonyl (C=O) groups is 1. The summed E-state index contributed by atoms with van der Waals surface area (Å²) in [5, 5.41) is 21.6. The number of rotatable bonds is 7. The lowest BCUT2D eigenvalue weighted by molar-refractivity contribution is -0.113. The molecule has 0 saturated carbocycles. The summed E-state index contributed by atoms with van der Waals surface area (Å²) < 4.78 is 2.03. The minimum Gasteiger partial charge on any atom is -0.302 e. The number of aromatic nitrogens is 5. The van der Waals surface area contributed by atoms with Crippen LogP contribution in [-0.4, -0.2) is 36.6 Å². The number of hydrogen-bond donors (Lipinski definition) is 1. The van der Waals surface area contributed by atoms with Gasteiger partial charge in [0.25, 0.3) is 0 Å². The normalized spacial score (nSPS) is 11.6. The zero-order valence-electron chi connectivity index (χ0n) is 17.4. The van der Waals surface area contributed by atoms with Crippen LogP contribution in [0.5, 0.6) is 0 Å². The molecule has 7 nitrogen and oxygen atoms in total. The van der Waals surface area contributed by atoms with Crippen LogP contribution in [-0.2, 0) is 23.2 Å². The Kier molecular flexibility index (Phi) is 6.69. The van der Waals surface area contributed by atoms with Crippen molar-refractivity contribution in [2.75, 3.05) is 11.1 Å². The lowest BCUT2D eigenvalue weighted by Gasteiger charge is -2.19. The topological polar surface area (TPSA) is 85.6 Å². The first kappa shape index (κ1) is 21.4. The first-order chi connectivity index (χ1) is 13.8. The maximum absolute atomic E-state index is 12.2. The highest BCUT2D eigenvalue weighted by Crippen LogP contribution is 2.28. The quantitative estimate of drug-likeness (QED) is 0.559. The van der Waals surface area contributed by atoms with Crippen molar-refractivity contribution in [3.8, 4) is 11.4 Å². The monoisotopic (exact) mass is 430 g/mol. The summed E-state index contributed by atoms with van der Waals surface area (Å²) in [6.07, 6.45) is 0.807. The Labute approximate surface area is 179 Å². The summed E-state index contributed by atoms with van der Waals surface area (Å²) in [4.78, 5) is 12.2. The van der Waals surface area contributed by atoms with Crippen LogP contribution in [0.15, 0.2) is 29.4 Å². The Morgan fingerprint density at radius 3 is 2.41 bits per heavy atom. The van der Waals surface area contributed by atoms with Gasteiger partial charge in [-0.2, -0.15) is 0 Å². The van der Waals surface area contributed by atoms with Gasteiger partial charge in [0.15, 0.2) is 11.0 Å². The van der Waals surface area contributed by atoms with E-state index in [-0.39, 0.29) is 17.1 Å². The fraction of sp³-hybridized carbons (Fsp3) is 0.450. The Balaban J connectivity index is 1.68. The second kappa shape index (κ2) is 9.04. The molecule has 2 aromatic heterocycles. The van der Waals surface area contributed by atoms with Crippen molar-refractivity contribution in [2.24, 2.45) is 0 Å². The third kappa shape index (κ3) is 5.22. The summed E-state index contributed by atoms with van der Waals surface area (Å²) >= 11 is 2.77. The standard InChI is InChI=1S/C20H26N6OS2/c1-6-16-22-24-18(29-16)21-15(27)12-28-19-25-23-17(26(19)7-2)13-8-10-14(11-9-13)20(3,4)5/h8-11H,6-7,12H2,1-5H3,(H,21,24,27). The van der Waals surface area contributed by atoms with Gasteiger partial charge in [-0.3, -0.25) is 10.1 Å². The summed E-state index contributed by atoms with van der Waals surface area (Å²) in [6, 6.07) is 8.44. The number of thioether (sulfide) groups is 1. The fourth-order valence-corrected chi connectivity index (χ4v) is 4.24. The van der Waals surface area contributed by atoms with E-state index in [4.69, 9.17) is 0 Å². The van der Waals surface area contributed by atoms with Crippen molar-refractivity contribution < 1.29 is 4.79 Å². The van der Waals surface area contributed by atoms with Crippen LogP contribution >= 0.6 is 23.1 Å². The van der Waals surface area contributed by atoms with Crippen molar-refractivity contribution in [1.29, 1.82) is 0 Å². The summed E-state index contributed by atoms with van der Waals surface area (Å²) in [7, 11) is 0. The highest BCUT2D eigenvalue weighted by molar-refractivity contribution is 7.99. The van der Waals surface area contributed by atoms with E-state index in [1.165, 1.54) is 28.7 Å². The van der Waals surface area contributed by atoms with Gasteiger partial charge >= 0.3 is 0 Å². The molecule has 0 bridgehead atoms. The third-order valence-electron chi connectivity index (χ3n) is 4.39. The molecule has 0 aliphatic carbocycles. The maximum Gasteiger partial charge on any atom is 0.236 e. The Hall–Kier alpha value is -2.26. The molecule has 29 heavy (non-hydrogen) atoms. The van der Waals surface area contributed by atoms with Crippen molar-refractivity contribution in [3.05, 3.63) is 34.8 Å². The predicted octanol–water partition coefficient (Wildman–Crippen LogP) is 4.41. The van der Waals surface area contributed by atoms with Gasteiger partial charge in [0, 0.05) is 12.1 Å². The van der Waals surface area contributed by atoms with Crippen molar-refractivity contribution in [1.82, 2.24) is 25.0 Å². The van der Waals surface area contributed by atoms with Crippen LogP contribution in [0, 0.1) is 0 Å². The van der Waals surface area contributed by atoms with Crippen molar-refractivity contribution in [3.63, 3.8) is 0 Å².